The van der Waals surface area contributed by atoms with E-state index < -0.39 is 17.4 Å². The molecule has 0 saturated heterocycles. The second-order valence-electron chi connectivity index (χ2n) is 11.6. The van der Waals surface area contributed by atoms with Gasteiger partial charge in [0.2, 0.25) is 0 Å². The third-order valence-corrected chi connectivity index (χ3v) is 7.84. The number of allylic oxidation sites excluding steroid dienone is 4. The maximum absolute atomic E-state index is 14.0. The van der Waals surface area contributed by atoms with Crippen molar-refractivity contribution in [1.82, 2.24) is 15.0 Å². The predicted octanol–water partition coefficient (Wildman–Crippen LogP) is 5.57. The number of amides is 2. The molecule has 1 aromatic heterocycles. The second-order valence-corrected chi connectivity index (χ2v) is 11.6. The molecule has 2 amide bonds. The molecule has 0 saturated carbocycles. The summed E-state index contributed by atoms with van der Waals surface area (Å²) in [6.07, 6.45) is 12.7. The topological polar surface area (TPSA) is 121 Å². The Labute approximate surface area is 259 Å². The molecule has 232 valence electrons. The van der Waals surface area contributed by atoms with Gasteiger partial charge >= 0.3 is 0 Å². The van der Waals surface area contributed by atoms with Gasteiger partial charge in [0.1, 0.15) is 0 Å². The van der Waals surface area contributed by atoms with Gasteiger partial charge < -0.3 is 20.4 Å². The highest BCUT2D eigenvalue weighted by Crippen LogP contribution is 2.46. The van der Waals surface area contributed by atoms with Crippen LogP contribution in [0.25, 0.3) is 0 Å². The molecule has 2 heterocycles. The van der Waals surface area contributed by atoms with Crippen LogP contribution in [0.5, 0.6) is 0 Å². The zero-order valence-corrected chi connectivity index (χ0v) is 26.0. The molecule has 4 rings (SSSR count). The van der Waals surface area contributed by atoms with E-state index >= 15 is 0 Å². The summed E-state index contributed by atoms with van der Waals surface area (Å²) in [6, 6.07) is 14.2. The van der Waals surface area contributed by atoms with Crippen molar-refractivity contribution in [3.05, 3.63) is 107 Å². The van der Waals surface area contributed by atoms with Crippen LogP contribution in [-0.4, -0.2) is 50.2 Å². The number of anilines is 2. The lowest BCUT2D eigenvalue weighted by molar-refractivity contribution is -0.139. The third kappa shape index (κ3) is 7.78. The number of hydrogen-bond donors (Lipinski definition) is 3. The molecule has 9 heteroatoms. The molecule has 3 N–H and O–H groups in total. The molecular weight excluding hydrogens is 554 g/mol. The fraction of sp³-hybridized carbons (Fsp3) is 0.371. The zero-order valence-electron chi connectivity index (χ0n) is 26.0. The van der Waals surface area contributed by atoms with Crippen LogP contribution in [0.15, 0.2) is 90.2 Å². The number of fused-ring (bicyclic) bond motifs is 1. The van der Waals surface area contributed by atoms with E-state index in [2.05, 4.69) is 42.5 Å². The molecule has 0 bridgehead atoms. The number of aliphatic hydroxyl groups is 2. The van der Waals surface area contributed by atoms with Crippen molar-refractivity contribution in [1.29, 1.82) is 0 Å². The highest BCUT2D eigenvalue weighted by atomic mass is 16.3. The van der Waals surface area contributed by atoms with E-state index in [1.807, 2.05) is 31.2 Å². The molecule has 1 aliphatic heterocycles. The average molecular weight is 598 g/mol. The molecule has 2 atom stereocenters. The van der Waals surface area contributed by atoms with Crippen molar-refractivity contribution in [2.75, 3.05) is 23.4 Å². The molecule has 0 spiro atoms. The first kappa shape index (κ1) is 32.6. The van der Waals surface area contributed by atoms with Crippen molar-refractivity contribution in [3.63, 3.8) is 0 Å². The molecule has 0 radical (unpaired) electrons. The quantitative estimate of drug-likeness (QED) is 0.209. The van der Waals surface area contributed by atoms with Crippen LogP contribution in [0.3, 0.4) is 0 Å². The number of nitrogens with one attached hydrogen (secondary N) is 1. The van der Waals surface area contributed by atoms with Gasteiger partial charge in [-0.05, 0) is 70.4 Å². The number of aliphatic hydroxyl groups excluding tert-OH is 1. The van der Waals surface area contributed by atoms with Gasteiger partial charge in [-0.25, -0.2) is 0 Å². The van der Waals surface area contributed by atoms with E-state index in [-0.39, 0.29) is 12.5 Å². The summed E-state index contributed by atoms with van der Waals surface area (Å²) in [6.45, 7) is 8.97. The highest BCUT2D eigenvalue weighted by Gasteiger charge is 2.52. The molecule has 2 aromatic carbocycles. The normalized spacial score (nSPS) is 17.2. The fourth-order valence-corrected chi connectivity index (χ4v) is 5.26. The average Bonchev–Trinajstić information content (AvgIpc) is 3.54. The Balaban J connectivity index is 1.57. The van der Waals surface area contributed by atoms with E-state index in [9.17, 15) is 14.7 Å². The van der Waals surface area contributed by atoms with E-state index in [4.69, 9.17) is 5.11 Å². The summed E-state index contributed by atoms with van der Waals surface area (Å²) in [5.41, 5.74) is 3.46. The van der Waals surface area contributed by atoms with E-state index in [1.54, 1.807) is 58.2 Å². The molecule has 44 heavy (non-hydrogen) atoms. The largest absolute Gasteiger partial charge is 0.396 e. The lowest BCUT2D eigenvalue weighted by atomic mass is 9.82. The maximum atomic E-state index is 14.0. The van der Waals surface area contributed by atoms with E-state index in [0.29, 0.717) is 48.4 Å². The number of hydrogen-bond acceptors (Lipinski definition) is 6. The van der Waals surface area contributed by atoms with Crippen molar-refractivity contribution in [2.24, 2.45) is 5.92 Å². The summed E-state index contributed by atoms with van der Waals surface area (Å²) in [5.74, 6) is -1.22. The lowest BCUT2D eigenvalue weighted by Gasteiger charge is -2.27. The van der Waals surface area contributed by atoms with Gasteiger partial charge in [0, 0.05) is 55.0 Å². The van der Waals surface area contributed by atoms with Gasteiger partial charge in [-0.2, -0.15) is 0 Å². The van der Waals surface area contributed by atoms with Crippen LogP contribution >= 0.6 is 0 Å². The van der Waals surface area contributed by atoms with Crippen molar-refractivity contribution in [2.45, 2.75) is 65.5 Å². The van der Waals surface area contributed by atoms with E-state index in [1.165, 1.54) is 11.1 Å². The van der Waals surface area contributed by atoms with Gasteiger partial charge in [-0.3, -0.25) is 14.3 Å². The fourth-order valence-electron chi connectivity index (χ4n) is 5.26. The molecule has 9 nitrogen and oxygen atoms in total. The first-order valence-electron chi connectivity index (χ1n) is 15.1. The van der Waals surface area contributed by atoms with E-state index in [0.717, 1.165) is 18.5 Å². The smallest absolute Gasteiger partial charge is 0.264 e. The van der Waals surface area contributed by atoms with Gasteiger partial charge in [0.25, 0.3) is 11.8 Å². The minimum absolute atomic E-state index is 0.0180. The Hall–Kier alpha value is -4.34. The number of aryl methyl sites for hydroxylation is 1. The molecular formula is C35H43N5O4. The number of benzene rings is 2. The Morgan fingerprint density at radius 2 is 1.86 bits per heavy atom. The lowest BCUT2D eigenvalue weighted by Crippen LogP contribution is -2.44. The van der Waals surface area contributed by atoms with Gasteiger partial charge in [-0.15, -0.1) is 5.10 Å². The molecule has 0 aliphatic carbocycles. The number of carbonyl (C=O) groups is 2. The maximum Gasteiger partial charge on any atom is 0.264 e. The molecule has 0 fully saturated rings. The van der Waals surface area contributed by atoms with Crippen LogP contribution in [-0.2, 0) is 23.4 Å². The Bertz CT molecular complexity index is 1540. The minimum Gasteiger partial charge on any atom is -0.396 e. The third-order valence-electron chi connectivity index (χ3n) is 7.84. The van der Waals surface area contributed by atoms with Gasteiger partial charge in [0.15, 0.2) is 5.60 Å². The minimum atomic E-state index is -1.81. The number of aromatic nitrogens is 3. The summed E-state index contributed by atoms with van der Waals surface area (Å²) in [4.78, 5) is 28.5. The van der Waals surface area contributed by atoms with Gasteiger partial charge in [-0.1, -0.05) is 65.8 Å². The molecule has 3 aromatic rings. The van der Waals surface area contributed by atoms with Crippen LogP contribution in [0.1, 0.15) is 68.6 Å². The number of carbonyl (C=O) groups excluding carboxylic acids is 2. The summed E-state index contributed by atoms with van der Waals surface area (Å²) >= 11 is 0. The monoisotopic (exact) mass is 597 g/mol. The summed E-state index contributed by atoms with van der Waals surface area (Å²) in [7, 11) is 0. The van der Waals surface area contributed by atoms with Crippen molar-refractivity contribution < 1.29 is 19.8 Å². The highest BCUT2D eigenvalue weighted by molar-refractivity contribution is 6.09. The van der Waals surface area contributed by atoms with Crippen LogP contribution in [0, 0.1) is 5.92 Å². The summed E-state index contributed by atoms with van der Waals surface area (Å²) in [5, 5.41) is 32.3. The first-order chi connectivity index (χ1) is 21.1. The predicted molar refractivity (Wildman–Crippen MR) is 173 cm³/mol. The number of rotatable bonds is 14. The SMILES string of the molecule is CC(C)=CCC/C(C)=C/CN1C(=O)[C@](O)([C@H](C)/C=C/CCn2cc(CCO)nn2)c2cc(NC(=O)c3ccccc3)ccc21. The van der Waals surface area contributed by atoms with Crippen LogP contribution in [0.4, 0.5) is 11.4 Å². The summed E-state index contributed by atoms with van der Waals surface area (Å²) < 4.78 is 1.71. The Morgan fingerprint density at radius 3 is 2.59 bits per heavy atom. The van der Waals surface area contributed by atoms with Crippen molar-refractivity contribution in [3.8, 4) is 0 Å². The number of nitrogens with zero attached hydrogens (tertiary/aromatic N) is 4. The molecule has 1 aliphatic rings. The standard InChI is InChI=1S/C35H43N5O4/c1-25(2)11-10-12-26(3)18-21-40-32-17-16-29(36-33(42)28-14-6-5-7-15-28)23-31(32)35(44,34(40)43)27(4)13-8-9-20-39-24-30(19-22-41)37-38-39/h5-8,11,13-18,23-24,27,41,44H,9-10,12,19-22H2,1-4H3,(H,36,42)/b13-8+,26-18+/t27-,35+/m1/s1. The molecule has 0 unspecified atom stereocenters. The zero-order chi connectivity index (χ0) is 31.7. The van der Waals surface area contributed by atoms with Gasteiger partial charge in [0.05, 0.1) is 11.4 Å². The van der Waals surface area contributed by atoms with Crippen LogP contribution in [0.2, 0.25) is 0 Å². The van der Waals surface area contributed by atoms with Crippen molar-refractivity contribution >= 4 is 23.2 Å². The van der Waals surface area contributed by atoms with Crippen LogP contribution < -0.4 is 10.2 Å². The Kier molecular flexibility index (Phi) is 11.0. The first-order valence-corrected chi connectivity index (χ1v) is 15.1. The Morgan fingerprint density at radius 1 is 1.09 bits per heavy atom. The second kappa shape index (κ2) is 14.9.